The standard InChI is InChI=1S/C26H31NO6/c1-14-9-15(10-18(22(14)29)25(30)31)12-27-8-7-21-16(13-27)11-19-23(32-21)17-5-4-6-20(28)24(17)33-26(19,2)3/h4-6,9-10,16,19,21,23,28-29H,7-8,11-13H2,1-3H3,(H,30,31)/t16-,19-,21-,23+/m0/s1. The van der Waals surface area contributed by atoms with Gasteiger partial charge >= 0.3 is 5.97 Å². The summed E-state index contributed by atoms with van der Waals surface area (Å²) < 4.78 is 12.9. The Morgan fingerprint density at radius 1 is 1.24 bits per heavy atom. The van der Waals surface area contributed by atoms with Crippen LogP contribution in [0, 0.1) is 18.8 Å². The number of fused-ring (bicyclic) bond motifs is 4. The third-order valence-corrected chi connectivity index (χ3v) is 7.58. The molecule has 2 saturated heterocycles. The molecule has 2 aromatic rings. The van der Waals surface area contributed by atoms with Crippen molar-refractivity contribution in [3.63, 3.8) is 0 Å². The smallest absolute Gasteiger partial charge is 0.339 e. The fraction of sp³-hybridized carbons (Fsp3) is 0.500. The number of carbonyl (C=O) groups is 1. The molecular weight excluding hydrogens is 422 g/mol. The van der Waals surface area contributed by atoms with Crippen LogP contribution in [0.5, 0.6) is 17.2 Å². The molecule has 0 aliphatic carbocycles. The molecule has 3 aliphatic heterocycles. The van der Waals surface area contributed by atoms with Gasteiger partial charge in [0.15, 0.2) is 11.5 Å². The Morgan fingerprint density at radius 3 is 2.79 bits per heavy atom. The minimum Gasteiger partial charge on any atom is -0.507 e. The number of nitrogens with zero attached hydrogens (tertiary/aromatic N) is 1. The number of carboxylic acids is 1. The van der Waals surface area contributed by atoms with Crippen LogP contribution in [0.3, 0.4) is 0 Å². The van der Waals surface area contributed by atoms with E-state index in [-0.39, 0.29) is 35.2 Å². The number of hydrogen-bond acceptors (Lipinski definition) is 6. The molecule has 3 aliphatic rings. The molecule has 7 nitrogen and oxygen atoms in total. The molecule has 0 amide bonds. The van der Waals surface area contributed by atoms with Crippen LogP contribution in [-0.4, -0.2) is 51.0 Å². The molecular formula is C26H31NO6. The van der Waals surface area contributed by atoms with Crippen molar-refractivity contribution in [2.24, 2.45) is 11.8 Å². The van der Waals surface area contributed by atoms with Crippen LogP contribution >= 0.6 is 0 Å². The van der Waals surface area contributed by atoms with E-state index in [9.17, 15) is 20.1 Å². The van der Waals surface area contributed by atoms with Crippen molar-refractivity contribution in [2.75, 3.05) is 13.1 Å². The van der Waals surface area contributed by atoms with Gasteiger partial charge in [0.25, 0.3) is 0 Å². The predicted octanol–water partition coefficient (Wildman–Crippen LogP) is 4.24. The topological polar surface area (TPSA) is 99.5 Å². The van der Waals surface area contributed by atoms with E-state index in [1.807, 2.05) is 18.2 Å². The minimum absolute atomic E-state index is 0.0493. The first-order chi connectivity index (χ1) is 15.6. The lowest BCUT2D eigenvalue weighted by Crippen LogP contribution is -2.55. The van der Waals surface area contributed by atoms with E-state index < -0.39 is 11.6 Å². The number of hydrogen-bond donors (Lipinski definition) is 3. The maximum atomic E-state index is 11.5. The van der Waals surface area contributed by atoms with Gasteiger partial charge in [0.05, 0.1) is 12.2 Å². The van der Waals surface area contributed by atoms with E-state index in [0.717, 1.165) is 37.1 Å². The van der Waals surface area contributed by atoms with Gasteiger partial charge in [-0.15, -0.1) is 0 Å². The maximum absolute atomic E-state index is 11.5. The van der Waals surface area contributed by atoms with Crippen molar-refractivity contribution < 1.29 is 29.6 Å². The van der Waals surface area contributed by atoms with Gasteiger partial charge in [-0.3, -0.25) is 4.90 Å². The highest BCUT2D eigenvalue weighted by Gasteiger charge is 2.51. The summed E-state index contributed by atoms with van der Waals surface area (Å²) in [4.78, 5) is 13.8. The second-order valence-corrected chi connectivity index (χ2v) is 10.2. The Balaban J connectivity index is 1.35. The van der Waals surface area contributed by atoms with Crippen molar-refractivity contribution in [1.29, 1.82) is 0 Å². The van der Waals surface area contributed by atoms with Gasteiger partial charge in [-0.2, -0.15) is 0 Å². The summed E-state index contributed by atoms with van der Waals surface area (Å²) >= 11 is 0. The number of aryl methyl sites for hydroxylation is 1. The van der Waals surface area contributed by atoms with Crippen molar-refractivity contribution in [3.05, 3.63) is 52.6 Å². The van der Waals surface area contributed by atoms with Gasteiger partial charge in [0.1, 0.15) is 16.9 Å². The highest BCUT2D eigenvalue weighted by molar-refractivity contribution is 5.91. The third-order valence-electron chi connectivity index (χ3n) is 7.58. The molecule has 33 heavy (non-hydrogen) atoms. The SMILES string of the molecule is Cc1cc(CN2CC[C@@H]3O[C@@H]4c5cccc(O)c5OC(C)(C)[C@H]4C[C@H]3C2)cc(C(=O)O)c1O. The van der Waals surface area contributed by atoms with Crippen LogP contribution in [0.15, 0.2) is 30.3 Å². The summed E-state index contributed by atoms with van der Waals surface area (Å²) in [6.45, 7) is 8.21. The van der Waals surface area contributed by atoms with Gasteiger partial charge in [-0.25, -0.2) is 4.79 Å². The van der Waals surface area contributed by atoms with Crippen LogP contribution < -0.4 is 4.74 Å². The number of rotatable bonds is 3. The van der Waals surface area contributed by atoms with Gasteiger partial charge < -0.3 is 24.8 Å². The highest BCUT2D eigenvalue weighted by atomic mass is 16.5. The molecule has 4 atom stereocenters. The number of carboxylic acid groups (broad SMARTS) is 1. The molecule has 2 aromatic carbocycles. The Hall–Kier alpha value is -2.77. The summed E-state index contributed by atoms with van der Waals surface area (Å²) in [5.41, 5.74) is 1.88. The molecule has 0 saturated carbocycles. The number of likely N-dealkylation sites (tertiary alicyclic amines) is 1. The number of piperidine rings is 1. The van der Waals surface area contributed by atoms with Gasteiger partial charge in [-0.1, -0.05) is 18.2 Å². The molecule has 2 fully saturated rings. The van der Waals surface area contributed by atoms with E-state index in [0.29, 0.717) is 23.8 Å². The maximum Gasteiger partial charge on any atom is 0.339 e. The zero-order valence-corrected chi connectivity index (χ0v) is 19.2. The number of phenolic OH excluding ortho intramolecular Hbond substituents is 1. The first-order valence-corrected chi connectivity index (χ1v) is 11.6. The monoisotopic (exact) mass is 453 g/mol. The average molecular weight is 454 g/mol. The fourth-order valence-electron chi connectivity index (χ4n) is 5.89. The number of benzene rings is 2. The first-order valence-electron chi connectivity index (χ1n) is 11.6. The summed E-state index contributed by atoms with van der Waals surface area (Å²) in [6, 6.07) is 8.93. The van der Waals surface area contributed by atoms with E-state index in [1.165, 1.54) is 0 Å². The number of ether oxygens (including phenoxy) is 2. The van der Waals surface area contributed by atoms with Crippen LogP contribution in [-0.2, 0) is 11.3 Å². The van der Waals surface area contributed by atoms with Crippen LogP contribution in [0.25, 0.3) is 0 Å². The third kappa shape index (κ3) is 3.83. The minimum atomic E-state index is -1.12. The van der Waals surface area contributed by atoms with E-state index in [1.54, 1.807) is 19.1 Å². The lowest BCUT2D eigenvalue weighted by atomic mass is 9.70. The summed E-state index contributed by atoms with van der Waals surface area (Å²) in [6.07, 6.45) is 1.90. The largest absolute Gasteiger partial charge is 0.507 e. The normalized spacial score (nSPS) is 28.2. The lowest BCUT2D eigenvalue weighted by molar-refractivity contribution is -0.188. The van der Waals surface area contributed by atoms with Gasteiger partial charge in [0, 0.05) is 31.1 Å². The first kappa shape index (κ1) is 22.0. The Bertz CT molecular complexity index is 1100. The fourth-order valence-corrected chi connectivity index (χ4v) is 5.89. The molecule has 3 heterocycles. The summed E-state index contributed by atoms with van der Waals surface area (Å²) in [7, 11) is 0. The van der Waals surface area contributed by atoms with Crippen molar-refractivity contribution in [1.82, 2.24) is 4.90 Å². The zero-order chi connectivity index (χ0) is 23.5. The van der Waals surface area contributed by atoms with Crippen molar-refractivity contribution >= 4 is 5.97 Å². The second kappa shape index (κ2) is 7.92. The number of aromatic carboxylic acids is 1. The predicted molar refractivity (Wildman–Crippen MR) is 122 cm³/mol. The summed E-state index contributed by atoms with van der Waals surface area (Å²) in [5.74, 6) is -0.0706. The Kier molecular flexibility index (Phi) is 5.29. The summed E-state index contributed by atoms with van der Waals surface area (Å²) in [5, 5.41) is 29.8. The molecule has 0 bridgehead atoms. The molecule has 0 unspecified atom stereocenters. The number of aromatic hydroxyl groups is 2. The lowest BCUT2D eigenvalue weighted by Gasteiger charge is -2.53. The molecule has 0 spiro atoms. The van der Waals surface area contributed by atoms with Gasteiger partial charge in [-0.05, 0) is 62.8 Å². The molecule has 3 N–H and O–H groups in total. The second-order valence-electron chi connectivity index (χ2n) is 10.2. The van der Waals surface area contributed by atoms with E-state index in [4.69, 9.17) is 9.47 Å². The van der Waals surface area contributed by atoms with E-state index in [2.05, 4.69) is 18.7 Å². The number of phenols is 2. The molecule has 7 heteroatoms. The van der Waals surface area contributed by atoms with E-state index >= 15 is 0 Å². The molecule has 176 valence electrons. The molecule has 0 radical (unpaired) electrons. The average Bonchev–Trinajstić information content (AvgIpc) is 2.76. The quantitative estimate of drug-likeness (QED) is 0.639. The van der Waals surface area contributed by atoms with Crippen molar-refractivity contribution in [3.8, 4) is 17.2 Å². The molecule has 5 rings (SSSR count). The Morgan fingerprint density at radius 2 is 2.03 bits per heavy atom. The van der Waals surface area contributed by atoms with Gasteiger partial charge in [0.2, 0.25) is 0 Å². The van der Waals surface area contributed by atoms with Crippen LogP contribution in [0.2, 0.25) is 0 Å². The van der Waals surface area contributed by atoms with Crippen LogP contribution in [0.1, 0.15) is 59.8 Å². The number of para-hydroxylation sites is 1. The Labute approximate surface area is 193 Å². The molecule has 0 aromatic heterocycles. The van der Waals surface area contributed by atoms with Crippen LogP contribution in [0.4, 0.5) is 0 Å². The van der Waals surface area contributed by atoms with Crippen molar-refractivity contribution in [2.45, 2.75) is 58.0 Å². The highest BCUT2D eigenvalue weighted by Crippen LogP contribution is 2.54. The zero-order valence-electron chi connectivity index (χ0n) is 19.2.